The van der Waals surface area contributed by atoms with Gasteiger partial charge in [-0.15, -0.1) is 0 Å². The molecule has 204 valence electrons. The summed E-state index contributed by atoms with van der Waals surface area (Å²) in [5.41, 5.74) is 2.40. The third-order valence-corrected chi connectivity index (χ3v) is 5.07. The third kappa shape index (κ3) is 9.67. The molecule has 0 aliphatic carbocycles. The highest BCUT2D eigenvalue weighted by molar-refractivity contribution is 6.01. The molecule has 0 saturated heterocycles. The van der Waals surface area contributed by atoms with Gasteiger partial charge in [-0.1, -0.05) is 42.5 Å². The Bertz CT molecular complexity index is 1390. The number of ether oxygens (including phenoxy) is 1. The molecule has 4 rings (SSSR count). The van der Waals surface area contributed by atoms with Crippen LogP contribution in [0.3, 0.4) is 0 Å². The maximum absolute atomic E-state index is 10.9. The third-order valence-electron chi connectivity index (χ3n) is 5.07. The zero-order valence-electron chi connectivity index (χ0n) is 20.8. The standard InChI is InChI=1S/C17H15NO3.C8H6O4.C3H6O3/c19-17(20)8-13-10-18-16-7-6-14(9-15(13)16)21-11-12-4-2-1-3-5-12;9-7(10)5-3-1-2-4-6(5)8(11)12;1-2(4)3(5)6/h1-7,9-10,18H,8,11H2,(H,19,20);1-4H,(H,9,10)(H,11,12);2,4H,1H3,(H,5,6). The fraction of sp³-hybridized carbons (Fsp3) is 0.143. The van der Waals surface area contributed by atoms with Crippen molar-refractivity contribution in [2.24, 2.45) is 0 Å². The highest BCUT2D eigenvalue weighted by Crippen LogP contribution is 2.24. The molecule has 11 heteroatoms. The number of carboxylic acid groups (broad SMARTS) is 4. The Balaban J connectivity index is 0.000000250. The number of aliphatic hydroxyl groups is 1. The van der Waals surface area contributed by atoms with E-state index in [1.165, 1.54) is 31.2 Å². The first-order chi connectivity index (χ1) is 18.5. The summed E-state index contributed by atoms with van der Waals surface area (Å²) in [5.74, 6) is -3.75. The quantitative estimate of drug-likeness (QED) is 0.192. The Labute approximate surface area is 222 Å². The number of aromatic amines is 1. The number of benzene rings is 3. The van der Waals surface area contributed by atoms with E-state index in [0.717, 1.165) is 27.8 Å². The normalized spacial score (nSPS) is 10.7. The number of carbonyl (C=O) groups is 4. The molecule has 0 aliphatic rings. The Morgan fingerprint density at radius 1 is 0.821 bits per heavy atom. The van der Waals surface area contributed by atoms with E-state index in [1.54, 1.807) is 6.20 Å². The van der Waals surface area contributed by atoms with E-state index >= 15 is 0 Å². The second-order valence-corrected chi connectivity index (χ2v) is 8.04. The number of hydrogen-bond donors (Lipinski definition) is 6. The molecule has 0 spiro atoms. The molecule has 11 nitrogen and oxygen atoms in total. The molecule has 0 radical (unpaired) electrons. The average Bonchev–Trinajstić information content (AvgIpc) is 3.30. The van der Waals surface area contributed by atoms with Crippen LogP contribution in [0.1, 0.15) is 38.8 Å². The summed E-state index contributed by atoms with van der Waals surface area (Å²) in [7, 11) is 0. The highest BCUT2D eigenvalue weighted by atomic mass is 16.5. The van der Waals surface area contributed by atoms with Crippen LogP contribution in [-0.4, -0.2) is 60.5 Å². The van der Waals surface area contributed by atoms with Gasteiger partial charge in [0.1, 0.15) is 18.5 Å². The monoisotopic (exact) mass is 537 g/mol. The lowest BCUT2D eigenvalue weighted by atomic mass is 10.1. The number of carboxylic acids is 4. The second kappa shape index (κ2) is 14.5. The van der Waals surface area contributed by atoms with Gasteiger partial charge in [0.05, 0.1) is 17.5 Å². The Kier molecular flexibility index (Phi) is 11.2. The molecule has 0 aliphatic heterocycles. The summed E-state index contributed by atoms with van der Waals surface area (Å²) in [6, 6.07) is 21.1. The molecule has 0 fully saturated rings. The molecule has 1 atom stereocenters. The number of aromatic nitrogens is 1. The average molecular weight is 538 g/mol. The van der Waals surface area contributed by atoms with Crippen molar-refractivity contribution >= 4 is 34.8 Å². The van der Waals surface area contributed by atoms with Gasteiger partial charge in [0.25, 0.3) is 0 Å². The first kappa shape index (κ1) is 30.1. The molecule has 3 aromatic carbocycles. The minimum Gasteiger partial charge on any atom is -0.489 e. The van der Waals surface area contributed by atoms with E-state index in [9.17, 15) is 19.2 Å². The van der Waals surface area contributed by atoms with Gasteiger partial charge in [-0.25, -0.2) is 14.4 Å². The first-order valence-electron chi connectivity index (χ1n) is 11.4. The molecule has 6 N–H and O–H groups in total. The van der Waals surface area contributed by atoms with E-state index < -0.39 is 30.0 Å². The summed E-state index contributed by atoms with van der Waals surface area (Å²) in [6.45, 7) is 1.69. The van der Waals surface area contributed by atoms with E-state index in [4.69, 9.17) is 30.3 Å². The van der Waals surface area contributed by atoms with Crippen LogP contribution in [0.2, 0.25) is 0 Å². The number of fused-ring (bicyclic) bond motifs is 1. The molecule has 0 bridgehead atoms. The van der Waals surface area contributed by atoms with Crippen molar-refractivity contribution in [3.8, 4) is 5.75 Å². The number of rotatable bonds is 8. The van der Waals surface area contributed by atoms with Crippen molar-refractivity contribution in [3.05, 3.63) is 101 Å². The van der Waals surface area contributed by atoms with Crippen molar-refractivity contribution in [1.82, 2.24) is 4.98 Å². The predicted molar refractivity (Wildman–Crippen MR) is 140 cm³/mol. The van der Waals surface area contributed by atoms with Crippen LogP contribution in [0, 0.1) is 0 Å². The van der Waals surface area contributed by atoms with Crippen molar-refractivity contribution in [3.63, 3.8) is 0 Å². The maximum Gasteiger partial charge on any atom is 0.336 e. The predicted octanol–water partition coefficient (Wildman–Crippen LogP) is 3.91. The van der Waals surface area contributed by atoms with Crippen molar-refractivity contribution in [2.75, 3.05) is 0 Å². The van der Waals surface area contributed by atoms with Gasteiger partial charge in [0, 0.05) is 17.1 Å². The van der Waals surface area contributed by atoms with E-state index in [2.05, 4.69) is 4.98 Å². The smallest absolute Gasteiger partial charge is 0.336 e. The Morgan fingerprint density at radius 2 is 1.36 bits per heavy atom. The summed E-state index contributed by atoms with van der Waals surface area (Å²) in [6.07, 6.45) is 0.507. The number of aliphatic hydroxyl groups excluding tert-OH is 1. The lowest BCUT2D eigenvalue weighted by Gasteiger charge is -2.06. The molecule has 4 aromatic rings. The molecule has 0 amide bonds. The molecule has 1 unspecified atom stereocenters. The fourth-order valence-electron chi connectivity index (χ4n) is 3.15. The lowest BCUT2D eigenvalue weighted by molar-refractivity contribution is -0.145. The SMILES string of the molecule is CC(O)C(=O)O.O=C(O)Cc1c[nH]c2ccc(OCc3ccccc3)cc12.O=C(O)c1ccccc1C(=O)O. The summed E-state index contributed by atoms with van der Waals surface area (Å²) >= 11 is 0. The topological polar surface area (TPSA) is 194 Å². The maximum atomic E-state index is 10.9. The van der Waals surface area contributed by atoms with E-state index in [1.807, 2.05) is 48.5 Å². The van der Waals surface area contributed by atoms with Crippen LogP contribution in [0.25, 0.3) is 10.9 Å². The lowest BCUT2D eigenvalue weighted by Crippen LogP contribution is -2.13. The van der Waals surface area contributed by atoms with E-state index in [0.29, 0.717) is 6.61 Å². The largest absolute Gasteiger partial charge is 0.489 e. The second-order valence-electron chi connectivity index (χ2n) is 8.04. The van der Waals surface area contributed by atoms with Crippen molar-refractivity contribution in [2.45, 2.75) is 26.1 Å². The van der Waals surface area contributed by atoms with Gasteiger partial charge in [-0.05, 0) is 48.4 Å². The molecule has 1 heterocycles. The van der Waals surface area contributed by atoms with Gasteiger partial charge in [0.15, 0.2) is 0 Å². The van der Waals surface area contributed by atoms with Crippen LogP contribution < -0.4 is 4.74 Å². The Morgan fingerprint density at radius 3 is 1.85 bits per heavy atom. The number of aromatic carboxylic acids is 2. The minimum absolute atomic E-state index is 0.00212. The van der Waals surface area contributed by atoms with Gasteiger partial charge in [-0.3, -0.25) is 4.79 Å². The summed E-state index contributed by atoms with van der Waals surface area (Å²) in [4.78, 5) is 44.3. The molecule has 0 saturated carbocycles. The van der Waals surface area contributed by atoms with Gasteiger partial charge < -0.3 is 35.3 Å². The molecular weight excluding hydrogens is 510 g/mol. The van der Waals surface area contributed by atoms with E-state index in [-0.39, 0.29) is 17.5 Å². The summed E-state index contributed by atoms with van der Waals surface area (Å²) in [5, 5.41) is 42.7. The van der Waals surface area contributed by atoms with Crippen molar-refractivity contribution in [1.29, 1.82) is 0 Å². The van der Waals surface area contributed by atoms with Crippen LogP contribution in [-0.2, 0) is 22.6 Å². The van der Waals surface area contributed by atoms with Crippen LogP contribution in [0.4, 0.5) is 0 Å². The fourth-order valence-corrected chi connectivity index (χ4v) is 3.15. The van der Waals surface area contributed by atoms with Gasteiger partial charge in [-0.2, -0.15) is 0 Å². The zero-order valence-corrected chi connectivity index (χ0v) is 20.8. The minimum atomic E-state index is -1.23. The number of H-pyrrole nitrogens is 1. The van der Waals surface area contributed by atoms with Gasteiger partial charge in [0.2, 0.25) is 0 Å². The molecule has 39 heavy (non-hydrogen) atoms. The van der Waals surface area contributed by atoms with Crippen LogP contribution >= 0.6 is 0 Å². The number of hydrogen-bond acceptors (Lipinski definition) is 6. The van der Waals surface area contributed by atoms with Gasteiger partial charge >= 0.3 is 23.9 Å². The zero-order chi connectivity index (χ0) is 28.9. The highest BCUT2D eigenvalue weighted by Gasteiger charge is 2.13. The molecule has 1 aromatic heterocycles. The van der Waals surface area contributed by atoms with Crippen molar-refractivity contribution < 1.29 is 49.4 Å². The Hall–Kier alpha value is -5.16. The number of aliphatic carboxylic acids is 2. The molecular formula is C28H27NO10. The first-order valence-corrected chi connectivity index (χ1v) is 11.4. The summed E-state index contributed by atoms with van der Waals surface area (Å²) < 4.78 is 5.77. The van der Waals surface area contributed by atoms with Crippen LogP contribution in [0.5, 0.6) is 5.75 Å². The number of nitrogens with one attached hydrogen (secondary N) is 1. The van der Waals surface area contributed by atoms with Crippen LogP contribution in [0.15, 0.2) is 79.0 Å².